The van der Waals surface area contributed by atoms with Gasteiger partial charge in [-0.05, 0) is 48.7 Å². The molecule has 0 radical (unpaired) electrons. The van der Waals surface area contributed by atoms with Gasteiger partial charge in [-0.25, -0.2) is 8.42 Å². The van der Waals surface area contributed by atoms with Crippen molar-refractivity contribution in [2.45, 2.75) is 45.3 Å². The first-order valence-corrected chi connectivity index (χ1v) is 15.8. The zero-order valence-electron chi connectivity index (χ0n) is 24.5. The highest BCUT2D eigenvalue weighted by Crippen LogP contribution is 2.34. The summed E-state index contributed by atoms with van der Waals surface area (Å²) >= 11 is 6.26. The molecule has 0 aromatic heterocycles. The summed E-state index contributed by atoms with van der Waals surface area (Å²) in [4.78, 5) is 29.4. The molecule has 1 N–H and O–H groups in total. The van der Waals surface area contributed by atoms with Gasteiger partial charge in [0, 0.05) is 30.1 Å². The number of carbonyl (C=O) groups is 2. The molecule has 226 valence electrons. The van der Waals surface area contributed by atoms with Gasteiger partial charge in [0.05, 0.1) is 26.2 Å². The summed E-state index contributed by atoms with van der Waals surface area (Å²) in [7, 11) is -1.08. The molecule has 0 aliphatic rings. The van der Waals surface area contributed by atoms with Crippen molar-refractivity contribution >= 4 is 39.1 Å². The van der Waals surface area contributed by atoms with Gasteiger partial charge in [0.2, 0.25) is 21.8 Å². The van der Waals surface area contributed by atoms with Crippen LogP contribution in [-0.2, 0) is 32.6 Å². The zero-order valence-corrected chi connectivity index (χ0v) is 26.1. The Bertz CT molecular complexity index is 1470. The van der Waals surface area contributed by atoms with Crippen molar-refractivity contribution in [1.29, 1.82) is 0 Å². The molecular formula is C31H38ClN3O6S. The highest BCUT2D eigenvalue weighted by molar-refractivity contribution is 7.92. The van der Waals surface area contributed by atoms with Crippen LogP contribution in [0.4, 0.5) is 5.69 Å². The van der Waals surface area contributed by atoms with Crippen LogP contribution in [0.15, 0.2) is 72.8 Å². The molecule has 2 amide bonds. The van der Waals surface area contributed by atoms with Crippen LogP contribution in [0.1, 0.15) is 31.4 Å². The molecule has 3 aromatic carbocycles. The molecule has 0 spiro atoms. The Morgan fingerprint density at radius 2 is 1.64 bits per heavy atom. The molecule has 2 atom stereocenters. The Kier molecular flexibility index (Phi) is 11.6. The zero-order chi connectivity index (χ0) is 30.9. The number of amides is 2. The van der Waals surface area contributed by atoms with Crippen LogP contribution >= 0.6 is 11.6 Å². The smallest absolute Gasteiger partial charge is 0.244 e. The van der Waals surface area contributed by atoms with Crippen LogP contribution in [0.25, 0.3) is 0 Å². The minimum Gasteiger partial charge on any atom is -0.497 e. The Labute approximate surface area is 253 Å². The maximum atomic E-state index is 14.2. The van der Waals surface area contributed by atoms with E-state index in [2.05, 4.69) is 5.32 Å². The monoisotopic (exact) mass is 615 g/mol. The van der Waals surface area contributed by atoms with Gasteiger partial charge in [0.15, 0.2) is 0 Å². The standard InChI is InChI=1S/C31H38ClN3O6S/c1-6-22(2)33-31(37)28(18-23-11-8-7-9-12-23)34(20-24-13-10-14-25(32)17-24)30(36)21-35(42(5,38)39)27-16-15-26(40-3)19-29(27)41-4/h7-17,19,22,28H,6,18,20-21H2,1-5H3,(H,33,37)/t22-,28+/m0/s1. The van der Waals surface area contributed by atoms with Gasteiger partial charge in [-0.3, -0.25) is 13.9 Å². The first kappa shape index (κ1) is 32.8. The van der Waals surface area contributed by atoms with E-state index in [0.717, 1.165) is 16.1 Å². The minimum atomic E-state index is -3.96. The number of halogens is 1. The number of hydrogen-bond donors (Lipinski definition) is 1. The van der Waals surface area contributed by atoms with Gasteiger partial charge in [0.1, 0.15) is 24.1 Å². The minimum absolute atomic E-state index is 0.0299. The van der Waals surface area contributed by atoms with E-state index < -0.39 is 28.5 Å². The van der Waals surface area contributed by atoms with E-state index in [9.17, 15) is 18.0 Å². The number of rotatable bonds is 14. The Balaban J connectivity index is 2.10. The molecule has 0 saturated heterocycles. The third-order valence-corrected chi connectivity index (χ3v) is 8.21. The Morgan fingerprint density at radius 3 is 2.24 bits per heavy atom. The van der Waals surface area contributed by atoms with Gasteiger partial charge >= 0.3 is 0 Å². The highest BCUT2D eigenvalue weighted by atomic mass is 35.5. The summed E-state index contributed by atoms with van der Waals surface area (Å²) in [5, 5.41) is 3.48. The second-order valence-electron chi connectivity index (χ2n) is 9.98. The topological polar surface area (TPSA) is 105 Å². The quantitative estimate of drug-likeness (QED) is 0.282. The molecular weight excluding hydrogens is 578 g/mol. The molecule has 0 heterocycles. The summed E-state index contributed by atoms with van der Waals surface area (Å²) < 4.78 is 37.8. The van der Waals surface area contributed by atoms with Crippen molar-refractivity contribution in [3.05, 3.63) is 88.9 Å². The number of hydrogen-bond acceptors (Lipinski definition) is 6. The predicted octanol–water partition coefficient (Wildman–Crippen LogP) is 4.68. The van der Waals surface area contributed by atoms with Crippen molar-refractivity contribution in [1.82, 2.24) is 10.2 Å². The fourth-order valence-corrected chi connectivity index (χ4v) is 5.48. The molecule has 3 rings (SSSR count). The number of nitrogens with one attached hydrogen (secondary N) is 1. The van der Waals surface area contributed by atoms with Crippen molar-refractivity contribution in [3.8, 4) is 11.5 Å². The van der Waals surface area contributed by atoms with Gasteiger partial charge in [-0.2, -0.15) is 0 Å². The molecule has 0 aliphatic heterocycles. The molecule has 0 bridgehead atoms. The van der Waals surface area contributed by atoms with Crippen LogP contribution in [0.2, 0.25) is 5.02 Å². The maximum absolute atomic E-state index is 14.2. The average molecular weight is 616 g/mol. The lowest BCUT2D eigenvalue weighted by Gasteiger charge is -2.34. The Hall–Kier alpha value is -3.76. The lowest BCUT2D eigenvalue weighted by atomic mass is 10.0. The van der Waals surface area contributed by atoms with E-state index >= 15 is 0 Å². The summed E-state index contributed by atoms with van der Waals surface area (Å²) in [5.74, 6) is -0.234. The third kappa shape index (κ3) is 8.87. The first-order chi connectivity index (χ1) is 20.0. The van der Waals surface area contributed by atoms with E-state index in [1.807, 2.05) is 44.2 Å². The lowest BCUT2D eigenvalue weighted by molar-refractivity contribution is -0.140. The largest absolute Gasteiger partial charge is 0.497 e. The number of nitrogens with zero attached hydrogens (tertiary/aromatic N) is 2. The number of benzene rings is 3. The summed E-state index contributed by atoms with van der Waals surface area (Å²) in [6.45, 7) is 3.31. The summed E-state index contributed by atoms with van der Waals surface area (Å²) in [5.41, 5.74) is 1.71. The number of anilines is 1. The number of sulfonamides is 1. The molecule has 9 nitrogen and oxygen atoms in total. The molecule has 0 fully saturated rings. The second-order valence-corrected chi connectivity index (χ2v) is 12.3. The van der Waals surface area contributed by atoms with Gasteiger partial charge in [0.25, 0.3) is 0 Å². The number of ether oxygens (including phenoxy) is 2. The second kappa shape index (κ2) is 14.9. The van der Waals surface area contributed by atoms with Crippen LogP contribution in [0.5, 0.6) is 11.5 Å². The Morgan fingerprint density at radius 1 is 0.952 bits per heavy atom. The maximum Gasteiger partial charge on any atom is 0.244 e. The third-order valence-electron chi connectivity index (χ3n) is 6.85. The lowest BCUT2D eigenvalue weighted by Crippen LogP contribution is -2.54. The van der Waals surface area contributed by atoms with E-state index in [1.165, 1.54) is 25.2 Å². The van der Waals surface area contributed by atoms with Crippen molar-refractivity contribution < 1.29 is 27.5 Å². The summed E-state index contributed by atoms with van der Waals surface area (Å²) in [6.07, 6.45) is 1.94. The SMILES string of the molecule is CC[C@H](C)NC(=O)[C@@H](Cc1ccccc1)N(Cc1cccc(Cl)c1)C(=O)CN(c1ccc(OC)cc1OC)S(C)(=O)=O. The van der Waals surface area contributed by atoms with E-state index in [4.69, 9.17) is 21.1 Å². The van der Waals surface area contributed by atoms with Gasteiger partial charge < -0.3 is 19.7 Å². The summed E-state index contributed by atoms with van der Waals surface area (Å²) in [6, 6.07) is 20.0. The van der Waals surface area contributed by atoms with E-state index in [1.54, 1.807) is 36.4 Å². The fourth-order valence-electron chi connectivity index (χ4n) is 4.41. The first-order valence-electron chi connectivity index (χ1n) is 13.5. The van der Waals surface area contributed by atoms with E-state index in [-0.39, 0.29) is 36.4 Å². The van der Waals surface area contributed by atoms with Gasteiger partial charge in [-0.15, -0.1) is 0 Å². The van der Waals surface area contributed by atoms with Crippen LogP contribution in [-0.4, -0.2) is 64.2 Å². The number of methoxy groups -OCH3 is 2. The normalized spacial score (nSPS) is 12.6. The van der Waals surface area contributed by atoms with E-state index in [0.29, 0.717) is 22.8 Å². The van der Waals surface area contributed by atoms with Crippen molar-refractivity contribution in [2.24, 2.45) is 0 Å². The van der Waals surface area contributed by atoms with Gasteiger partial charge in [-0.1, -0.05) is 61.0 Å². The van der Waals surface area contributed by atoms with Crippen LogP contribution in [0, 0.1) is 0 Å². The number of carbonyl (C=O) groups excluding carboxylic acids is 2. The molecule has 11 heteroatoms. The molecule has 0 aliphatic carbocycles. The molecule has 3 aromatic rings. The average Bonchev–Trinajstić information content (AvgIpc) is 2.97. The van der Waals surface area contributed by atoms with Crippen molar-refractivity contribution in [2.75, 3.05) is 31.3 Å². The van der Waals surface area contributed by atoms with Crippen LogP contribution in [0.3, 0.4) is 0 Å². The molecule has 0 unspecified atom stereocenters. The molecule has 42 heavy (non-hydrogen) atoms. The predicted molar refractivity (Wildman–Crippen MR) is 166 cm³/mol. The molecule has 0 saturated carbocycles. The highest BCUT2D eigenvalue weighted by Gasteiger charge is 2.34. The fraction of sp³-hybridized carbons (Fsp3) is 0.355. The van der Waals surface area contributed by atoms with Crippen LogP contribution < -0.4 is 19.1 Å². The van der Waals surface area contributed by atoms with Crippen molar-refractivity contribution in [3.63, 3.8) is 0 Å².